The lowest BCUT2D eigenvalue weighted by Gasteiger charge is -2.20. The highest BCUT2D eigenvalue weighted by atomic mass is 32.2. The Labute approximate surface area is 138 Å². The minimum absolute atomic E-state index is 0.319. The molecular formula is C17H25N3O2S. The van der Waals surface area contributed by atoms with E-state index in [1.807, 2.05) is 49.3 Å². The van der Waals surface area contributed by atoms with Gasteiger partial charge in [-0.2, -0.15) is 0 Å². The molecular weight excluding hydrogens is 310 g/mol. The molecule has 0 aliphatic heterocycles. The molecule has 2 rings (SSSR count). The molecule has 2 aromatic rings. The topological polar surface area (TPSA) is 75.4 Å². The maximum absolute atomic E-state index is 12.7. The van der Waals surface area contributed by atoms with Gasteiger partial charge in [-0.05, 0) is 30.8 Å². The van der Waals surface area contributed by atoms with Crippen molar-refractivity contribution in [2.75, 3.05) is 32.1 Å². The average Bonchev–Trinajstić information content (AvgIpc) is 2.53. The lowest BCUT2D eigenvalue weighted by atomic mass is 10.1. The van der Waals surface area contributed by atoms with Gasteiger partial charge in [-0.3, -0.25) is 0 Å². The smallest absolute Gasteiger partial charge is 0.242 e. The van der Waals surface area contributed by atoms with Crippen LogP contribution >= 0.6 is 0 Å². The summed E-state index contributed by atoms with van der Waals surface area (Å²) in [6.45, 7) is 1.07. The lowest BCUT2D eigenvalue weighted by Crippen LogP contribution is -2.27. The van der Waals surface area contributed by atoms with Gasteiger partial charge in [0.2, 0.25) is 10.0 Å². The molecule has 3 N–H and O–H groups in total. The van der Waals surface area contributed by atoms with Crippen LogP contribution in [-0.4, -0.2) is 35.6 Å². The Kier molecular flexibility index (Phi) is 5.98. The Morgan fingerprint density at radius 3 is 2.48 bits per heavy atom. The Hall–Kier alpha value is -1.63. The van der Waals surface area contributed by atoms with Gasteiger partial charge in [-0.1, -0.05) is 36.8 Å². The Morgan fingerprint density at radius 2 is 1.78 bits per heavy atom. The van der Waals surface area contributed by atoms with Gasteiger partial charge >= 0.3 is 0 Å². The first kappa shape index (κ1) is 17.7. The molecule has 0 saturated heterocycles. The van der Waals surface area contributed by atoms with E-state index in [1.165, 1.54) is 0 Å². The summed E-state index contributed by atoms with van der Waals surface area (Å²) in [7, 11) is 0.189. The van der Waals surface area contributed by atoms with E-state index in [2.05, 4.69) is 4.72 Å². The average molecular weight is 335 g/mol. The Bertz CT molecular complexity index is 758. The van der Waals surface area contributed by atoms with Gasteiger partial charge in [0.25, 0.3) is 0 Å². The lowest BCUT2D eigenvalue weighted by molar-refractivity contribution is 0.575. The number of unbranched alkanes of at least 4 members (excludes halogenated alkanes) is 2. The van der Waals surface area contributed by atoms with Gasteiger partial charge < -0.3 is 10.6 Å². The normalized spacial score (nSPS) is 11.8. The summed E-state index contributed by atoms with van der Waals surface area (Å²) in [5.74, 6) is 0. The van der Waals surface area contributed by atoms with Crippen molar-refractivity contribution in [3.8, 4) is 0 Å². The molecule has 126 valence electrons. The summed E-state index contributed by atoms with van der Waals surface area (Å²) in [5, 5.41) is 1.96. The van der Waals surface area contributed by atoms with Crippen molar-refractivity contribution in [3.05, 3.63) is 36.4 Å². The van der Waals surface area contributed by atoms with Crippen molar-refractivity contribution in [3.63, 3.8) is 0 Å². The van der Waals surface area contributed by atoms with Crippen LogP contribution in [0.3, 0.4) is 0 Å². The van der Waals surface area contributed by atoms with Gasteiger partial charge in [-0.25, -0.2) is 13.1 Å². The van der Waals surface area contributed by atoms with Crippen LogP contribution in [0.25, 0.3) is 10.8 Å². The second kappa shape index (κ2) is 7.77. The number of nitrogens with two attached hydrogens (primary N) is 1. The van der Waals surface area contributed by atoms with E-state index in [0.29, 0.717) is 18.0 Å². The van der Waals surface area contributed by atoms with Crippen molar-refractivity contribution in [1.82, 2.24) is 4.72 Å². The van der Waals surface area contributed by atoms with Crippen LogP contribution in [0, 0.1) is 0 Å². The fourth-order valence-electron chi connectivity index (χ4n) is 2.64. The SMILES string of the molecule is CN(C)c1c(S(=O)(=O)NCCCCCN)ccc2ccccc12. The maximum atomic E-state index is 12.7. The summed E-state index contributed by atoms with van der Waals surface area (Å²) in [5.41, 5.74) is 6.17. The highest BCUT2D eigenvalue weighted by Gasteiger charge is 2.21. The first-order chi connectivity index (χ1) is 11.0. The second-order valence-electron chi connectivity index (χ2n) is 5.77. The minimum Gasteiger partial charge on any atom is -0.376 e. The third kappa shape index (κ3) is 4.22. The molecule has 23 heavy (non-hydrogen) atoms. The molecule has 2 aromatic carbocycles. The molecule has 0 aliphatic rings. The number of rotatable bonds is 8. The summed E-state index contributed by atoms with van der Waals surface area (Å²) in [4.78, 5) is 2.17. The number of hydrogen-bond donors (Lipinski definition) is 2. The summed E-state index contributed by atoms with van der Waals surface area (Å²) < 4.78 is 28.0. The highest BCUT2D eigenvalue weighted by molar-refractivity contribution is 7.89. The third-order valence-electron chi connectivity index (χ3n) is 3.77. The van der Waals surface area contributed by atoms with E-state index < -0.39 is 10.0 Å². The number of fused-ring (bicyclic) bond motifs is 1. The quantitative estimate of drug-likeness (QED) is 0.726. The molecule has 6 heteroatoms. The molecule has 0 amide bonds. The van der Waals surface area contributed by atoms with Crippen LogP contribution in [0.5, 0.6) is 0 Å². The van der Waals surface area contributed by atoms with Gasteiger partial charge in [0, 0.05) is 26.0 Å². The number of sulfonamides is 1. The third-order valence-corrected chi connectivity index (χ3v) is 5.27. The molecule has 5 nitrogen and oxygen atoms in total. The first-order valence-corrected chi connectivity index (χ1v) is 9.34. The largest absolute Gasteiger partial charge is 0.376 e. The van der Waals surface area contributed by atoms with Gasteiger partial charge in [-0.15, -0.1) is 0 Å². The second-order valence-corrected chi connectivity index (χ2v) is 7.51. The molecule has 0 fully saturated rings. The number of hydrogen-bond acceptors (Lipinski definition) is 4. The molecule has 0 heterocycles. The molecule has 0 spiro atoms. The summed E-state index contributed by atoms with van der Waals surface area (Å²) >= 11 is 0. The fourth-order valence-corrected chi connectivity index (χ4v) is 4.01. The molecule has 0 bridgehead atoms. The van der Waals surface area contributed by atoms with Crippen molar-refractivity contribution in [2.24, 2.45) is 5.73 Å². The van der Waals surface area contributed by atoms with Gasteiger partial charge in [0.05, 0.1) is 5.69 Å². The predicted octanol–water partition coefficient (Wildman–Crippen LogP) is 2.31. The zero-order chi connectivity index (χ0) is 16.9. The van der Waals surface area contributed by atoms with Crippen molar-refractivity contribution in [1.29, 1.82) is 0 Å². The van der Waals surface area contributed by atoms with Crippen molar-refractivity contribution < 1.29 is 8.42 Å². The van der Waals surface area contributed by atoms with Crippen LogP contribution in [-0.2, 0) is 10.0 Å². The molecule has 0 aromatic heterocycles. The van der Waals surface area contributed by atoms with Crippen LogP contribution in [0.1, 0.15) is 19.3 Å². The van der Waals surface area contributed by atoms with E-state index in [1.54, 1.807) is 6.07 Å². The number of benzene rings is 2. The standard InChI is InChI=1S/C17H25N3O2S/c1-20(2)17-15-9-5-4-8-14(15)10-11-16(17)23(21,22)19-13-7-3-6-12-18/h4-5,8-11,19H,3,6-7,12-13,18H2,1-2H3. The highest BCUT2D eigenvalue weighted by Crippen LogP contribution is 2.32. The van der Waals surface area contributed by atoms with Gasteiger partial charge in [0.1, 0.15) is 4.90 Å². The molecule has 0 saturated carbocycles. The number of anilines is 1. The van der Waals surface area contributed by atoms with Gasteiger partial charge in [0.15, 0.2) is 0 Å². The molecule has 0 unspecified atom stereocenters. The first-order valence-electron chi connectivity index (χ1n) is 7.86. The zero-order valence-electron chi connectivity index (χ0n) is 13.7. The van der Waals surface area contributed by atoms with Crippen LogP contribution < -0.4 is 15.4 Å². The number of nitrogens with zero attached hydrogens (tertiary/aromatic N) is 1. The Morgan fingerprint density at radius 1 is 1.04 bits per heavy atom. The summed E-state index contributed by atoms with van der Waals surface area (Å²) in [6, 6.07) is 11.3. The van der Waals surface area contributed by atoms with Crippen molar-refractivity contribution in [2.45, 2.75) is 24.2 Å². The van der Waals surface area contributed by atoms with Crippen LogP contribution in [0.4, 0.5) is 5.69 Å². The molecule has 0 aliphatic carbocycles. The predicted molar refractivity (Wildman–Crippen MR) is 96.4 cm³/mol. The summed E-state index contributed by atoms with van der Waals surface area (Å²) in [6.07, 6.45) is 2.64. The van der Waals surface area contributed by atoms with Crippen LogP contribution in [0.15, 0.2) is 41.3 Å². The maximum Gasteiger partial charge on any atom is 0.242 e. The van der Waals surface area contributed by atoms with Crippen LogP contribution in [0.2, 0.25) is 0 Å². The van der Waals surface area contributed by atoms with E-state index in [0.717, 1.165) is 35.7 Å². The fraction of sp³-hybridized carbons (Fsp3) is 0.412. The monoisotopic (exact) mass is 335 g/mol. The molecule has 0 radical (unpaired) electrons. The van der Waals surface area contributed by atoms with E-state index in [4.69, 9.17) is 5.73 Å². The van der Waals surface area contributed by atoms with E-state index in [9.17, 15) is 8.42 Å². The van der Waals surface area contributed by atoms with E-state index >= 15 is 0 Å². The Balaban J connectivity index is 2.32. The number of nitrogens with one attached hydrogen (secondary N) is 1. The minimum atomic E-state index is -3.54. The van der Waals surface area contributed by atoms with E-state index in [-0.39, 0.29) is 0 Å². The zero-order valence-corrected chi connectivity index (χ0v) is 14.6. The molecule has 0 atom stereocenters. The van der Waals surface area contributed by atoms with Crippen molar-refractivity contribution >= 4 is 26.5 Å².